The van der Waals surface area contributed by atoms with Crippen molar-refractivity contribution in [1.82, 2.24) is 4.98 Å². The van der Waals surface area contributed by atoms with Gasteiger partial charge in [-0.1, -0.05) is 18.2 Å². The van der Waals surface area contributed by atoms with Crippen molar-refractivity contribution in [3.63, 3.8) is 0 Å². The molecule has 0 amide bonds. The number of aromatic nitrogens is 1. The molecular weight excluding hydrogens is 229 g/mol. The first-order chi connectivity index (χ1) is 8.68. The summed E-state index contributed by atoms with van der Waals surface area (Å²) in [6, 6.07) is 8.63. The Balaban J connectivity index is 1.97. The van der Waals surface area contributed by atoms with Crippen LogP contribution >= 0.6 is 0 Å². The zero-order valence-corrected chi connectivity index (χ0v) is 10.3. The Morgan fingerprint density at radius 3 is 2.83 bits per heavy atom. The normalized spacial score (nSPS) is 10.3. The lowest BCUT2D eigenvalue weighted by Gasteiger charge is -2.10. The van der Waals surface area contributed by atoms with Crippen molar-refractivity contribution in [3.8, 4) is 0 Å². The average Bonchev–Trinajstić information content (AvgIpc) is 2.37. The van der Waals surface area contributed by atoms with Gasteiger partial charge in [0, 0.05) is 12.7 Å². The summed E-state index contributed by atoms with van der Waals surface area (Å²) in [6.07, 6.45) is 2.30. The fourth-order valence-corrected chi connectivity index (χ4v) is 1.73. The van der Waals surface area contributed by atoms with Crippen molar-refractivity contribution < 1.29 is 4.39 Å². The summed E-state index contributed by atoms with van der Waals surface area (Å²) >= 11 is 0. The summed E-state index contributed by atoms with van der Waals surface area (Å²) in [5.41, 5.74) is 8.21. The zero-order valence-electron chi connectivity index (χ0n) is 10.3. The van der Waals surface area contributed by atoms with Gasteiger partial charge in [-0.2, -0.15) is 0 Å². The fraction of sp³-hybridized carbons (Fsp3) is 0.214. The maximum absolute atomic E-state index is 13.4. The van der Waals surface area contributed by atoms with Crippen LogP contribution in [0.2, 0.25) is 0 Å². The van der Waals surface area contributed by atoms with E-state index in [-0.39, 0.29) is 5.82 Å². The third-order valence-corrected chi connectivity index (χ3v) is 2.85. The van der Waals surface area contributed by atoms with Gasteiger partial charge < -0.3 is 11.1 Å². The molecule has 0 atom stereocenters. The predicted octanol–water partition coefficient (Wildman–Crippen LogP) is 2.77. The molecule has 2 rings (SSSR count). The Labute approximate surface area is 106 Å². The molecule has 0 aliphatic heterocycles. The van der Waals surface area contributed by atoms with Gasteiger partial charge in [0.2, 0.25) is 0 Å². The number of nitrogen functional groups attached to an aromatic ring is 1. The van der Waals surface area contributed by atoms with Crippen LogP contribution in [0.4, 0.5) is 15.9 Å². The van der Waals surface area contributed by atoms with E-state index in [4.69, 9.17) is 5.73 Å². The average molecular weight is 245 g/mol. The Morgan fingerprint density at radius 1 is 1.28 bits per heavy atom. The molecule has 0 fully saturated rings. The third kappa shape index (κ3) is 2.77. The summed E-state index contributed by atoms with van der Waals surface area (Å²) < 4.78 is 13.4. The van der Waals surface area contributed by atoms with Gasteiger partial charge in [0.05, 0.1) is 5.69 Å². The number of hydrogen-bond acceptors (Lipinski definition) is 3. The predicted molar refractivity (Wildman–Crippen MR) is 72.0 cm³/mol. The second-order valence-electron chi connectivity index (χ2n) is 4.16. The highest BCUT2D eigenvalue weighted by atomic mass is 19.1. The highest BCUT2D eigenvalue weighted by molar-refractivity contribution is 5.64. The number of benzene rings is 1. The van der Waals surface area contributed by atoms with Crippen LogP contribution in [0.15, 0.2) is 36.5 Å². The van der Waals surface area contributed by atoms with Crippen LogP contribution in [0.25, 0.3) is 0 Å². The van der Waals surface area contributed by atoms with Crippen molar-refractivity contribution in [2.24, 2.45) is 0 Å². The summed E-state index contributed by atoms with van der Waals surface area (Å²) in [5.74, 6) is 0.482. The molecule has 2 aromatic rings. The van der Waals surface area contributed by atoms with E-state index in [1.807, 2.05) is 19.1 Å². The summed E-state index contributed by atoms with van der Waals surface area (Å²) in [7, 11) is 0. The number of nitrogens with zero attached hydrogens (tertiary/aromatic N) is 1. The Hall–Kier alpha value is -2.10. The molecule has 1 aromatic heterocycles. The number of rotatable bonds is 4. The number of halogens is 1. The van der Waals surface area contributed by atoms with Crippen LogP contribution < -0.4 is 11.1 Å². The Bertz CT molecular complexity index is 540. The van der Waals surface area contributed by atoms with Gasteiger partial charge in [-0.25, -0.2) is 9.37 Å². The minimum Gasteiger partial charge on any atom is -0.396 e. The molecule has 0 aliphatic rings. The molecule has 3 nitrogen and oxygen atoms in total. The number of hydrogen-bond donors (Lipinski definition) is 2. The van der Waals surface area contributed by atoms with Crippen molar-refractivity contribution in [2.75, 3.05) is 17.6 Å². The first-order valence-corrected chi connectivity index (χ1v) is 5.87. The van der Waals surface area contributed by atoms with Gasteiger partial charge in [0.25, 0.3) is 0 Å². The van der Waals surface area contributed by atoms with Gasteiger partial charge in [-0.05, 0) is 36.6 Å². The van der Waals surface area contributed by atoms with E-state index in [1.165, 1.54) is 6.07 Å². The van der Waals surface area contributed by atoms with E-state index < -0.39 is 0 Å². The van der Waals surface area contributed by atoms with Crippen LogP contribution in [-0.4, -0.2) is 11.5 Å². The Kier molecular flexibility index (Phi) is 3.77. The SMILES string of the molecule is Cc1ccnc(NCCc2ccccc2F)c1N. The molecule has 0 saturated heterocycles. The highest BCUT2D eigenvalue weighted by Gasteiger charge is 2.04. The number of nitrogens with one attached hydrogen (secondary N) is 1. The quantitative estimate of drug-likeness (QED) is 0.870. The highest BCUT2D eigenvalue weighted by Crippen LogP contribution is 2.18. The molecule has 18 heavy (non-hydrogen) atoms. The molecule has 1 heterocycles. The molecule has 0 unspecified atom stereocenters. The number of pyridine rings is 1. The van der Waals surface area contributed by atoms with E-state index in [2.05, 4.69) is 10.3 Å². The van der Waals surface area contributed by atoms with Crippen LogP contribution in [-0.2, 0) is 6.42 Å². The molecule has 0 bridgehead atoms. The summed E-state index contributed by atoms with van der Waals surface area (Å²) in [5, 5.41) is 3.13. The number of nitrogens with two attached hydrogens (primary N) is 1. The topological polar surface area (TPSA) is 50.9 Å². The van der Waals surface area contributed by atoms with E-state index >= 15 is 0 Å². The van der Waals surface area contributed by atoms with Crippen molar-refractivity contribution in [1.29, 1.82) is 0 Å². The molecule has 3 N–H and O–H groups in total. The number of aryl methyl sites for hydroxylation is 1. The van der Waals surface area contributed by atoms with Crippen LogP contribution in [0, 0.1) is 12.7 Å². The summed E-state index contributed by atoms with van der Waals surface area (Å²) in [6.45, 7) is 2.53. The van der Waals surface area contributed by atoms with Gasteiger partial charge in [-0.3, -0.25) is 0 Å². The summed E-state index contributed by atoms with van der Waals surface area (Å²) in [4.78, 5) is 4.16. The smallest absolute Gasteiger partial charge is 0.149 e. The lowest BCUT2D eigenvalue weighted by atomic mass is 10.1. The largest absolute Gasteiger partial charge is 0.396 e. The van der Waals surface area contributed by atoms with Crippen LogP contribution in [0.1, 0.15) is 11.1 Å². The van der Waals surface area contributed by atoms with Gasteiger partial charge >= 0.3 is 0 Å². The fourth-order valence-electron chi connectivity index (χ4n) is 1.73. The maximum atomic E-state index is 13.4. The molecule has 0 saturated carbocycles. The van der Waals surface area contributed by atoms with Crippen molar-refractivity contribution in [2.45, 2.75) is 13.3 Å². The van der Waals surface area contributed by atoms with E-state index in [1.54, 1.807) is 18.3 Å². The lowest BCUT2D eigenvalue weighted by molar-refractivity contribution is 0.610. The minimum absolute atomic E-state index is 0.176. The lowest BCUT2D eigenvalue weighted by Crippen LogP contribution is -2.09. The number of anilines is 2. The molecular formula is C14H16FN3. The van der Waals surface area contributed by atoms with Crippen LogP contribution in [0.5, 0.6) is 0 Å². The van der Waals surface area contributed by atoms with Crippen molar-refractivity contribution in [3.05, 3.63) is 53.5 Å². The molecule has 0 radical (unpaired) electrons. The third-order valence-electron chi connectivity index (χ3n) is 2.85. The zero-order chi connectivity index (χ0) is 13.0. The van der Waals surface area contributed by atoms with Gasteiger partial charge in [0.1, 0.15) is 11.6 Å². The van der Waals surface area contributed by atoms with Gasteiger partial charge in [0.15, 0.2) is 0 Å². The second kappa shape index (κ2) is 5.49. The minimum atomic E-state index is -0.176. The first-order valence-electron chi connectivity index (χ1n) is 5.87. The second-order valence-corrected chi connectivity index (χ2v) is 4.16. The molecule has 0 spiro atoms. The standard InChI is InChI=1S/C14H16FN3/c1-10-6-8-17-14(13(10)16)18-9-7-11-4-2-3-5-12(11)15/h2-6,8H,7,9,16H2,1H3,(H,17,18). The molecule has 0 aliphatic carbocycles. The Morgan fingerprint density at radius 2 is 2.06 bits per heavy atom. The first kappa shape index (κ1) is 12.4. The molecule has 1 aromatic carbocycles. The van der Waals surface area contributed by atoms with Crippen molar-refractivity contribution >= 4 is 11.5 Å². The monoisotopic (exact) mass is 245 g/mol. The molecule has 4 heteroatoms. The van der Waals surface area contributed by atoms with E-state index in [0.29, 0.717) is 30.0 Å². The van der Waals surface area contributed by atoms with E-state index in [0.717, 1.165) is 5.56 Å². The van der Waals surface area contributed by atoms with Crippen LogP contribution in [0.3, 0.4) is 0 Å². The maximum Gasteiger partial charge on any atom is 0.149 e. The van der Waals surface area contributed by atoms with Gasteiger partial charge in [-0.15, -0.1) is 0 Å². The molecule has 94 valence electrons. The van der Waals surface area contributed by atoms with E-state index in [9.17, 15) is 4.39 Å².